The van der Waals surface area contributed by atoms with Crippen LogP contribution < -0.4 is 11.1 Å². The summed E-state index contributed by atoms with van der Waals surface area (Å²) < 4.78 is 11.2. The molecule has 0 aromatic heterocycles. The smallest absolute Gasteiger partial charge is 0.314 e. The summed E-state index contributed by atoms with van der Waals surface area (Å²) in [5.74, 6) is 0. The van der Waals surface area contributed by atoms with Crippen molar-refractivity contribution in [2.75, 3.05) is 25.9 Å². The molecule has 0 bridgehead atoms. The van der Waals surface area contributed by atoms with Gasteiger partial charge in [0.25, 0.3) is 0 Å². The lowest BCUT2D eigenvalue weighted by atomic mass is 10.1. The van der Waals surface area contributed by atoms with E-state index in [-0.39, 0.29) is 11.3 Å². The molecule has 0 radical (unpaired) electrons. The van der Waals surface area contributed by atoms with Gasteiger partial charge in [0.15, 0.2) is 0 Å². The number of carbonyl (C=O) groups excluding carboxylic acids is 1. The number of piperidine rings is 1. The van der Waals surface area contributed by atoms with Crippen LogP contribution >= 0.6 is 0 Å². The first-order valence-electron chi connectivity index (χ1n) is 6.10. The predicted octanol–water partition coefficient (Wildman–Crippen LogP) is 0.276. The molecule has 1 heterocycles. The van der Waals surface area contributed by atoms with Crippen molar-refractivity contribution < 1.29 is 9.00 Å². The van der Waals surface area contributed by atoms with E-state index in [1.54, 1.807) is 11.2 Å². The molecule has 0 aromatic rings. The van der Waals surface area contributed by atoms with Gasteiger partial charge in [-0.25, -0.2) is 4.79 Å². The molecule has 17 heavy (non-hydrogen) atoms. The molecule has 0 saturated carbocycles. The molecule has 0 aromatic carbocycles. The standard InChI is InChI=1S/C11H23N3O2S/c1-9(17(2)16)3-6-13-10-4-7-14(8-5-10)11(12)15/h9-10,13H,3-8H2,1-2H3,(H2,12,15). The molecule has 1 aliphatic heterocycles. The Hall–Kier alpha value is -0.620. The average Bonchev–Trinajstić information content (AvgIpc) is 2.29. The Kier molecular flexibility index (Phi) is 5.91. The molecule has 1 saturated heterocycles. The summed E-state index contributed by atoms with van der Waals surface area (Å²) in [4.78, 5) is 12.6. The zero-order chi connectivity index (χ0) is 12.8. The van der Waals surface area contributed by atoms with Crippen molar-refractivity contribution in [3.63, 3.8) is 0 Å². The number of urea groups is 1. The van der Waals surface area contributed by atoms with Gasteiger partial charge in [-0.15, -0.1) is 0 Å². The second kappa shape index (κ2) is 6.96. The molecule has 1 rings (SSSR count). The van der Waals surface area contributed by atoms with Crippen LogP contribution in [0.5, 0.6) is 0 Å². The Balaban J connectivity index is 2.14. The van der Waals surface area contributed by atoms with Crippen molar-refractivity contribution in [3.05, 3.63) is 0 Å². The van der Waals surface area contributed by atoms with E-state index in [2.05, 4.69) is 5.32 Å². The van der Waals surface area contributed by atoms with Crippen LogP contribution in [0.4, 0.5) is 4.79 Å². The minimum Gasteiger partial charge on any atom is -0.351 e. The highest BCUT2D eigenvalue weighted by Crippen LogP contribution is 2.10. The fourth-order valence-corrected chi connectivity index (χ4v) is 2.41. The molecular weight excluding hydrogens is 238 g/mol. The molecule has 1 fully saturated rings. The molecule has 2 atom stereocenters. The quantitative estimate of drug-likeness (QED) is 0.746. The third-order valence-electron chi connectivity index (χ3n) is 3.36. The Bertz CT molecular complexity index is 278. The maximum Gasteiger partial charge on any atom is 0.314 e. The lowest BCUT2D eigenvalue weighted by Gasteiger charge is -2.31. The van der Waals surface area contributed by atoms with Gasteiger partial charge < -0.3 is 16.0 Å². The van der Waals surface area contributed by atoms with Crippen molar-refractivity contribution in [2.24, 2.45) is 5.73 Å². The van der Waals surface area contributed by atoms with Crippen molar-refractivity contribution in [2.45, 2.75) is 37.5 Å². The van der Waals surface area contributed by atoms with Gasteiger partial charge in [-0.2, -0.15) is 0 Å². The van der Waals surface area contributed by atoms with Gasteiger partial charge in [0.2, 0.25) is 0 Å². The minimum absolute atomic E-state index is 0.244. The first kappa shape index (κ1) is 14.4. The van der Waals surface area contributed by atoms with Gasteiger partial charge in [0.1, 0.15) is 0 Å². The Morgan fingerprint density at radius 3 is 2.59 bits per heavy atom. The van der Waals surface area contributed by atoms with Crippen LogP contribution in [0.25, 0.3) is 0 Å². The second-order valence-electron chi connectivity index (χ2n) is 4.65. The number of nitrogens with two attached hydrogens (primary N) is 1. The van der Waals surface area contributed by atoms with Crippen molar-refractivity contribution in [1.82, 2.24) is 10.2 Å². The number of primary amides is 1. The molecule has 3 N–H and O–H groups in total. The molecule has 2 amide bonds. The van der Waals surface area contributed by atoms with Gasteiger partial charge in [0.05, 0.1) is 0 Å². The normalized spacial score (nSPS) is 21.2. The van der Waals surface area contributed by atoms with Crippen LogP contribution in [0.2, 0.25) is 0 Å². The molecular formula is C11H23N3O2S. The van der Waals surface area contributed by atoms with Gasteiger partial charge >= 0.3 is 6.03 Å². The highest BCUT2D eigenvalue weighted by atomic mass is 32.2. The number of hydrogen-bond acceptors (Lipinski definition) is 3. The van der Waals surface area contributed by atoms with E-state index in [4.69, 9.17) is 5.73 Å². The first-order valence-corrected chi connectivity index (χ1v) is 7.73. The average molecular weight is 261 g/mol. The summed E-state index contributed by atoms with van der Waals surface area (Å²) in [6.45, 7) is 4.37. The van der Waals surface area contributed by atoms with Crippen LogP contribution in [-0.4, -0.2) is 52.3 Å². The monoisotopic (exact) mass is 261 g/mol. The fourth-order valence-electron chi connectivity index (χ4n) is 1.96. The topological polar surface area (TPSA) is 75.4 Å². The van der Waals surface area contributed by atoms with Gasteiger partial charge in [-0.05, 0) is 25.8 Å². The molecule has 0 aliphatic carbocycles. The number of nitrogens with one attached hydrogen (secondary N) is 1. The summed E-state index contributed by atoms with van der Waals surface area (Å²) in [6.07, 6.45) is 4.58. The molecule has 1 aliphatic rings. The van der Waals surface area contributed by atoms with E-state index in [1.807, 2.05) is 6.92 Å². The lowest BCUT2D eigenvalue weighted by Crippen LogP contribution is -2.47. The highest BCUT2D eigenvalue weighted by molar-refractivity contribution is 7.84. The van der Waals surface area contributed by atoms with E-state index in [0.717, 1.165) is 38.9 Å². The molecule has 6 heteroatoms. The maximum absolute atomic E-state index is 11.2. The molecule has 2 unspecified atom stereocenters. The summed E-state index contributed by atoms with van der Waals surface area (Å²) in [5.41, 5.74) is 5.22. The third-order valence-corrected chi connectivity index (χ3v) is 4.73. The van der Waals surface area contributed by atoms with E-state index in [0.29, 0.717) is 6.04 Å². The van der Waals surface area contributed by atoms with Crippen molar-refractivity contribution in [3.8, 4) is 0 Å². The van der Waals surface area contributed by atoms with Crippen LogP contribution in [0.15, 0.2) is 0 Å². The molecule has 100 valence electrons. The zero-order valence-corrected chi connectivity index (χ0v) is 11.5. The first-order chi connectivity index (χ1) is 8.00. The minimum atomic E-state index is -0.738. The number of rotatable bonds is 5. The summed E-state index contributed by atoms with van der Waals surface area (Å²) in [7, 11) is -0.738. The largest absolute Gasteiger partial charge is 0.351 e. The fraction of sp³-hybridized carbons (Fsp3) is 0.909. The van der Waals surface area contributed by atoms with E-state index >= 15 is 0 Å². The van der Waals surface area contributed by atoms with E-state index < -0.39 is 10.8 Å². The Morgan fingerprint density at radius 2 is 2.12 bits per heavy atom. The van der Waals surface area contributed by atoms with Crippen LogP contribution in [0.3, 0.4) is 0 Å². The lowest BCUT2D eigenvalue weighted by molar-refractivity contribution is 0.185. The van der Waals surface area contributed by atoms with Gasteiger partial charge in [-0.1, -0.05) is 6.92 Å². The summed E-state index contributed by atoms with van der Waals surface area (Å²) in [5, 5.41) is 3.70. The van der Waals surface area contributed by atoms with Crippen LogP contribution in [0, 0.1) is 0 Å². The molecule has 5 nitrogen and oxygen atoms in total. The van der Waals surface area contributed by atoms with Crippen molar-refractivity contribution >= 4 is 16.8 Å². The number of likely N-dealkylation sites (tertiary alicyclic amines) is 1. The summed E-state index contributed by atoms with van der Waals surface area (Å²) in [6, 6.07) is 0.140. The number of amides is 2. The van der Waals surface area contributed by atoms with E-state index in [1.165, 1.54) is 0 Å². The van der Waals surface area contributed by atoms with E-state index in [9.17, 15) is 9.00 Å². The highest BCUT2D eigenvalue weighted by Gasteiger charge is 2.20. The van der Waals surface area contributed by atoms with Crippen LogP contribution in [0.1, 0.15) is 26.2 Å². The number of hydrogen-bond donors (Lipinski definition) is 2. The van der Waals surface area contributed by atoms with Gasteiger partial charge in [0, 0.05) is 41.4 Å². The summed E-state index contributed by atoms with van der Waals surface area (Å²) >= 11 is 0. The second-order valence-corrected chi connectivity index (χ2v) is 6.45. The number of nitrogens with zero attached hydrogens (tertiary/aromatic N) is 1. The Morgan fingerprint density at radius 1 is 1.53 bits per heavy atom. The predicted molar refractivity (Wildman–Crippen MR) is 70.3 cm³/mol. The zero-order valence-electron chi connectivity index (χ0n) is 10.6. The molecule has 0 spiro atoms. The SMILES string of the molecule is CC(CCNC1CCN(C(N)=O)CC1)S(C)=O. The maximum atomic E-state index is 11.2. The Labute approximate surface area is 106 Å². The van der Waals surface area contributed by atoms with Crippen molar-refractivity contribution in [1.29, 1.82) is 0 Å². The number of carbonyl (C=O) groups is 1. The third kappa shape index (κ3) is 5.04. The van der Waals surface area contributed by atoms with Gasteiger partial charge in [-0.3, -0.25) is 4.21 Å². The van der Waals surface area contributed by atoms with Crippen LogP contribution in [-0.2, 0) is 10.8 Å².